The Bertz CT molecular complexity index is 734. The van der Waals surface area contributed by atoms with Gasteiger partial charge in [-0.2, -0.15) is 0 Å². The van der Waals surface area contributed by atoms with E-state index in [0.717, 1.165) is 19.2 Å². The van der Waals surface area contributed by atoms with Gasteiger partial charge < -0.3 is 19.8 Å². The van der Waals surface area contributed by atoms with Crippen molar-refractivity contribution in [3.63, 3.8) is 0 Å². The van der Waals surface area contributed by atoms with Crippen molar-refractivity contribution in [2.24, 2.45) is 0 Å². The number of rotatable bonds is 5. The van der Waals surface area contributed by atoms with Crippen LogP contribution in [0.5, 0.6) is 0 Å². The van der Waals surface area contributed by atoms with E-state index in [0.29, 0.717) is 30.9 Å². The molecule has 8 heteroatoms. The summed E-state index contributed by atoms with van der Waals surface area (Å²) >= 11 is 0. The van der Waals surface area contributed by atoms with Crippen molar-refractivity contribution >= 4 is 11.7 Å². The molecule has 7 nitrogen and oxygen atoms in total. The Balaban J connectivity index is 1.60. The zero-order valence-corrected chi connectivity index (χ0v) is 14.0. The third kappa shape index (κ3) is 4.14. The van der Waals surface area contributed by atoms with Gasteiger partial charge in [-0.05, 0) is 31.4 Å². The maximum Gasteiger partial charge on any atom is 0.290 e. The number of carbonyl (C=O) groups is 1. The summed E-state index contributed by atoms with van der Waals surface area (Å²) in [5.41, 5.74) is -0.382. The Hall–Kier alpha value is -2.48. The molecule has 3 heterocycles. The zero-order valence-electron chi connectivity index (χ0n) is 14.0. The van der Waals surface area contributed by atoms with Gasteiger partial charge in [0.25, 0.3) is 5.91 Å². The van der Waals surface area contributed by atoms with E-state index < -0.39 is 17.3 Å². The molecule has 0 bridgehead atoms. The van der Waals surface area contributed by atoms with Crippen molar-refractivity contribution in [1.29, 1.82) is 0 Å². The number of hydrogen-bond donors (Lipinski definition) is 2. The lowest BCUT2D eigenvalue weighted by Gasteiger charge is -2.39. The number of nitrogens with zero attached hydrogens (tertiary/aromatic N) is 3. The molecular formula is C17H21FN4O3. The Morgan fingerprint density at radius 1 is 1.52 bits per heavy atom. The average Bonchev–Trinajstić information content (AvgIpc) is 3.10. The second-order valence-electron chi connectivity index (χ2n) is 6.30. The van der Waals surface area contributed by atoms with Crippen LogP contribution in [0.15, 0.2) is 28.9 Å². The van der Waals surface area contributed by atoms with Gasteiger partial charge in [-0.3, -0.25) is 4.79 Å². The first-order chi connectivity index (χ1) is 12.0. The molecule has 1 fully saturated rings. The smallest absolute Gasteiger partial charge is 0.290 e. The number of aliphatic hydroxyl groups is 1. The lowest BCUT2D eigenvalue weighted by Crippen LogP contribution is -2.54. The number of hydrogen-bond acceptors (Lipinski definition) is 6. The number of piperidine rings is 1. The maximum atomic E-state index is 13.0. The van der Waals surface area contributed by atoms with Crippen LogP contribution >= 0.6 is 0 Å². The molecule has 0 aliphatic carbocycles. The van der Waals surface area contributed by atoms with E-state index in [1.54, 1.807) is 12.1 Å². The Morgan fingerprint density at radius 2 is 2.36 bits per heavy atom. The van der Waals surface area contributed by atoms with E-state index >= 15 is 0 Å². The van der Waals surface area contributed by atoms with Crippen molar-refractivity contribution in [3.05, 3.63) is 41.7 Å². The van der Waals surface area contributed by atoms with Crippen molar-refractivity contribution in [2.45, 2.75) is 31.8 Å². The quantitative estimate of drug-likeness (QED) is 0.851. The lowest BCUT2D eigenvalue weighted by molar-refractivity contribution is 0.0250. The molecule has 25 heavy (non-hydrogen) atoms. The Kier molecular flexibility index (Phi) is 4.98. The molecule has 1 amide bonds. The molecule has 3 rings (SSSR count). The summed E-state index contributed by atoms with van der Waals surface area (Å²) in [6.45, 7) is 3.04. The molecule has 0 saturated carbocycles. The van der Waals surface area contributed by atoms with Crippen LogP contribution in [0.25, 0.3) is 0 Å². The van der Waals surface area contributed by atoms with Gasteiger partial charge in [0.2, 0.25) is 5.76 Å². The van der Waals surface area contributed by atoms with Gasteiger partial charge >= 0.3 is 0 Å². The van der Waals surface area contributed by atoms with Crippen molar-refractivity contribution in [1.82, 2.24) is 15.5 Å². The topological polar surface area (TPSA) is 91.5 Å². The van der Waals surface area contributed by atoms with Crippen LogP contribution < -0.4 is 10.2 Å². The summed E-state index contributed by atoms with van der Waals surface area (Å²) in [7, 11) is 0. The number of amides is 1. The number of pyridine rings is 1. The summed E-state index contributed by atoms with van der Waals surface area (Å²) in [6, 6.07) is 4.52. The van der Waals surface area contributed by atoms with Gasteiger partial charge in [0.1, 0.15) is 11.6 Å². The van der Waals surface area contributed by atoms with Crippen LogP contribution in [0.3, 0.4) is 0 Å². The molecule has 2 N–H and O–H groups in total. The minimum absolute atomic E-state index is 0.0890. The summed E-state index contributed by atoms with van der Waals surface area (Å²) in [6.07, 6.45) is 3.13. The SMILES string of the molecule is CCc1cc(C(=O)NCC2(O)CCCN(c3ccc(F)cn3)C2)on1. The highest BCUT2D eigenvalue weighted by Crippen LogP contribution is 2.24. The van der Waals surface area contributed by atoms with Crippen molar-refractivity contribution in [3.8, 4) is 0 Å². The molecule has 2 aromatic heterocycles. The van der Waals surface area contributed by atoms with Gasteiger partial charge in [0.05, 0.1) is 17.5 Å². The Morgan fingerprint density at radius 3 is 3.04 bits per heavy atom. The number of aryl methyl sites for hydroxylation is 1. The summed E-state index contributed by atoms with van der Waals surface area (Å²) in [5, 5.41) is 17.3. The van der Waals surface area contributed by atoms with Crippen LogP contribution in [0.4, 0.5) is 10.2 Å². The predicted octanol–water partition coefficient (Wildman–Crippen LogP) is 1.53. The van der Waals surface area contributed by atoms with Gasteiger partial charge in [-0.15, -0.1) is 0 Å². The molecule has 1 aliphatic heterocycles. The van der Waals surface area contributed by atoms with Gasteiger partial charge in [0.15, 0.2) is 0 Å². The number of nitrogens with one attached hydrogen (secondary N) is 1. The van der Waals surface area contributed by atoms with Crippen LogP contribution in [-0.2, 0) is 6.42 Å². The fourth-order valence-electron chi connectivity index (χ4n) is 2.92. The van der Waals surface area contributed by atoms with E-state index in [-0.39, 0.29) is 12.3 Å². The number of anilines is 1. The minimum Gasteiger partial charge on any atom is -0.386 e. The molecule has 1 atom stereocenters. The molecule has 134 valence electrons. The minimum atomic E-state index is -1.09. The first-order valence-electron chi connectivity index (χ1n) is 8.32. The lowest BCUT2D eigenvalue weighted by atomic mass is 9.92. The second kappa shape index (κ2) is 7.18. The fraction of sp³-hybridized carbons (Fsp3) is 0.471. The maximum absolute atomic E-state index is 13.0. The average molecular weight is 348 g/mol. The number of carbonyl (C=O) groups excluding carboxylic acids is 1. The number of halogens is 1. The third-order valence-corrected chi connectivity index (χ3v) is 4.31. The molecule has 2 aromatic rings. The molecule has 1 saturated heterocycles. The van der Waals surface area contributed by atoms with Crippen LogP contribution in [-0.4, -0.2) is 46.4 Å². The van der Waals surface area contributed by atoms with Gasteiger partial charge in [0, 0.05) is 25.7 Å². The van der Waals surface area contributed by atoms with E-state index in [2.05, 4.69) is 15.5 Å². The monoisotopic (exact) mass is 348 g/mol. The molecule has 0 spiro atoms. The van der Waals surface area contributed by atoms with Gasteiger partial charge in [-0.1, -0.05) is 12.1 Å². The second-order valence-corrected chi connectivity index (χ2v) is 6.30. The van der Waals surface area contributed by atoms with Crippen LogP contribution in [0.1, 0.15) is 36.0 Å². The first-order valence-corrected chi connectivity index (χ1v) is 8.32. The van der Waals surface area contributed by atoms with E-state index in [4.69, 9.17) is 4.52 Å². The highest BCUT2D eigenvalue weighted by molar-refractivity contribution is 5.91. The van der Waals surface area contributed by atoms with Crippen molar-refractivity contribution in [2.75, 3.05) is 24.5 Å². The van der Waals surface area contributed by atoms with E-state index in [1.807, 2.05) is 11.8 Å². The largest absolute Gasteiger partial charge is 0.386 e. The van der Waals surface area contributed by atoms with E-state index in [9.17, 15) is 14.3 Å². The van der Waals surface area contributed by atoms with Gasteiger partial charge in [-0.25, -0.2) is 9.37 Å². The highest BCUT2D eigenvalue weighted by Gasteiger charge is 2.34. The molecule has 1 unspecified atom stereocenters. The molecular weight excluding hydrogens is 327 g/mol. The van der Waals surface area contributed by atoms with E-state index in [1.165, 1.54) is 6.07 Å². The zero-order chi connectivity index (χ0) is 17.9. The molecule has 0 radical (unpaired) electrons. The first kappa shape index (κ1) is 17.3. The van der Waals surface area contributed by atoms with Crippen LogP contribution in [0, 0.1) is 5.82 Å². The summed E-state index contributed by atoms with van der Waals surface area (Å²) in [4.78, 5) is 18.1. The van der Waals surface area contributed by atoms with Crippen molar-refractivity contribution < 1.29 is 18.8 Å². The number of β-amino-alcohol motifs (C(OH)–C–C–N with tert-alkyl or cyclic N) is 1. The number of aromatic nitrogens is 2. The van der Waals surface area contributed by atoms with Crippen LogP contribution in [0.2, 0.25) is 0 Å². The highest BCUT2D eigenvalue weighted by atomic mass is 19.1. The normalized spacial score (nSPS) is 20.5. The fourth-order valence-corrected chi connectivity index (χ4v) is 2.92. The summed E-state index contributed by atoms with van der Waals surface area (Å²) in [5.74, 6) is -0.0681. The summed E-state index contributed by atoms with van der Waals surface area (Å²) < 4.78 is 18.0. The predicted molar refractivity (Wildman–Crippen MR) is 88.8 cm³/mol. The standard InChI is InChI=1S/C17H21FN4O3/c1-2-13-8-14(25-21-13)16(23)20-10-17(24)6-3-7-22(11-17)15-5-4-12(18)9-19-15/h4-5,8-9,24H,2-3,6-7,10-11H2,1H3,(H,20,23). The Labute approximate surface area is 144 Å². The molecule has 0 aromatic carbocycles. The third-order valence-electron chi connectivity index (χ3n) is 4.31. The molecule has 1 aliphatic rings.